The monoisotopic (exact) mass is 148 g/mol. The van der Waals surface area contributed by atoms with Crippen molar-refractivity contribution in [3.8, 4) is 0 Å². The second-order valence-electron chi connectivity index (χ2n) is 1.96. The van der Waals surface area contributed by atoms with Gasteiger partial charge in [0, 0.05) is 0 Å². The summed E-state index contributed by atoms with van der Waals surface area (Å²) in [5.74, 6) is 0. The van der Waals surface area contributed by atoms with Crippen LogP contribution in [0.2, 0.25) is 12.1 Å². The van der Waals surface area contributed by atoms with E-state index >= 15 is 0 Å². The van der Waals surface area contributed by atoms with Crippen LogP contribution in [-0.4, -0.2) is 8.80 Å². The van der Waals surface area contributed by atoms with Crippen LogP contribution < -0.4 is 0 Å². The molecule has 0 amide bonds. The molecule has 0 heterocycles. The van der Waals surface area contributed by atoms with Gasteiger partial charge in [0.25, 0.3) is 0 Å². The van der Waals surface area contributed by atoms with Crippen molar-refractivity contribution in [1.82, 2.24) is 0 Å². The van der Waals surface area contributed by atoms with Crippen LogP contribution >= 0.6 is 11.6 Å². The molecule has 0 aromatic rings. The van der Waals surface area contributed by atoms with E-state index in [1.165, 1.54) is 12.1 Å². The highest BCUT2D eigenvalue weighted by Gasteiger charge is 2.05. The van der Waals surface area contributed by atoms with E-state index in [2.05, 4.69) is 20.4 Å². The molecule has 0 aliphatic heterocycles. The second-order valence-corrected chi connectivity index (χ2v) is 6.54. The Kier molecular flexibility index (Phi) is 4.29. The standard InChI is InChI=1S/C6H13ClSi/c1-4-8(5-2)6(3)7/h8H,3-5H2,1-2H3. The molecule has 0 bridgehead atoms. The van der Waals surface area contributed by atoms with Gasteiger partial charge in [0.1, 0.15) is 0 Å². The van der Waals surface area contributed by atoms with Gasteiger partial charge in [-0.3, -0.25) is 0 Å². The molecule has 0 aromatic heterocycles. The average Bonchev–Trinajstić information content (AvgIpc) is 1.69. The summed E-state index contributed by atoms with van der Waals surface area (Å²) >= 11 is 5.71. The van der Waals surface area contributed by atoms with E-state index in [0.717, 1.165) is 4.66 Å². The largest absolute Gasteiger partial charge is 0.0953 e. The SMILES string of the molecule is C=C(Cl)[SiH](CC)CC. The molecule has 2 heteroatoms. The summed E-state index contributed by atoms with van der Waals surface area (Å²) < 4.78 is 0.940. The van der Waals surface area contributed by atoms with Gasteiger partial charge in [0.2, 0.25) is 0 Å². The zero-order chi connectivity index (χ0) is 6.57. The van der Waals surface area contributed by atoms with Crippen molar-refractivity contribution in [2.75, 3.05) is 0 Å². The molecule has 0 aromatic carbocycles. The lowest BCUT2D eigenvalue weighted by Crippen LogP contribution is -2.07. The minimum Gasteiger partial charge on any atom is -0.0953 e. The van der Waals surface area contributed by atoms with Crippen molar-refractivity contribution in [2.45, 2.75) is 25.9 Å². The third-order valence-electron chi connectivity index (χ3n) is 1.43. The molecule has 0 N–H and O–H groups in total. The lowest BCUT2D eigenvalue weighted by atomic mass is 10.9. The van der Waals surface area contributed by atoms with Crippen LogP contribution in [0.5, 0.6) is 0 Å². The maximum atomic E-state index is 5.71. The second kappa shape index (κ2) is 4.16. The number of hydrogen-bond donors (Lipinski definition) is 0. The van der Waals surface area contributed by atoms with Gasteiger partial charge in [-0.25, -0.2) is 0 Å². The Morgan fingerprint density at radius 2 is 1.88 bits per heavy atom. The van der Waals surface area contributed by atoms with Gasteiger partial charge >= 0.3 is 0 Å². The minimum absolute atomic E-state index is 0.694. The van der Waals surface area contributed by atoms with Crippen LogP contribution in [-0.2, 0) is 0 Å². The van der Waals surface area contributed by atoms with Crippen molar-refractivity contribution < 1.29 is 0 Å². The molecule has 8 heavy (non-hydrogen) atoms. The van der Waals surface area contributed by atoms with Crippen LogP contribution in [0.4, 0.5) is 0 Å². The Labute approximate surface area is 58.2 Å². The summed E-state index contributed by atoms with van der Waals surface area (Å²) in [6.07, 6.45) is 0. The highest BCUT2D eigenvalue weighted by Crippen LogP contribution is 2.10. The van der Waals surface area contributed by atoms with E-state index in [1.54, 1.807) is 0 Å². The summed E-state index contributed by atoms with van der Waals surface area (Å²) in [6, 6.07) is 2.50. The van der Waals surface area contributed by atoms with Crippen molar-refractivity contribution in [2.24, 2.45) is 0 Å². The summed E-state index contributed by atoms with van der Waals surface area (Å²) in [4.78, 5) is 0. The lowest BCUT2D eigenvalue weighted by molar-refractivity contribution is 1.33. The first-order chi connectivity index (χ1) is 3.72. The van der Waals surface area contributed by atoms with Gasteiger partial charge < -0.3 is 0 Å². The molecule has 0 fully saturated rings. The number of halogens is 1. The Morgan fingerprint density at radius 3 is 1.88 bits per heavy atom. The fraction of sp³-hybridized carbons (Fsp3) is 0.667. The summed E-state index contributed by atoms with van der Waals surface area (Å²) in [7, 11) is -0.694. The van der Waals surface area contributed by atoms with E-state index in [4.69, 9.17) is 11.6 Å². The van der Waals surface area contributed by atoms with Gasteiger partial charge in [-0.2, -0.15) is 0 Å². The van der Waals surface area contributed by atoms with E-state index < -0.39 is 8.80 Å². The Hall–Kier alpha value is 0.247. The van der Waals surface area contributed by atoms with Gasteiger partial charge in [0.05, 0.1) is 8.80 Å². The first-order valence-corrected chi connectivity index (χ1v) is 5.65. The maximum Gasteiger partial charge on any atom is 0.0841 e. The molecule has 0 saturated carbocycles. The van der Waals surface area contributed by atoms with E-state index in [1.807, 2.05) is 0 Å². The highest BCUT2D eigenvalue weighted by molar-refractivity contribution is 6.77. The molecule has 0 aliphatic carbocycles. The third kappa shape index (κ3) is 2.53. The normalized spacial score (nSPS) is 10.0. The smallest absolute Gasteiger partial charge is 0.0841 e. The van der Waals surface area contributed by atoms with Gasteiger partial charge in [-0.15, -0.1) is 0 Å². The number of rotatable bonds is 3. The molecule has 0 rings (SSSR count). The molecule has 0 saturated heterocycles. The molecule has 0 aliphatic rings. The molecule has 48 valence electrons. The topological polar surface area (TPSA) is 0 Å². The summed E-state index contributed by atoms with van der Waals surface area (Å²) in [5.41, 5.74) is 0. The number of hydrogen-bond acceptors (Lipinski definition) is 0. The van der Waals surface area contributed by atoms with Gasteiger partial charge in [-0.1, -0.05) is 44.1 Å². The van der Waals surface area contributed by atoms with E-state index in [9.17, 15) is 0 Å². The zero-order valence-corrected chi connectivity index (χ0v) is 7.49. The first kappa shape index (κ1) is 8.25. The van der Waals surface area contributed by atoms with Crippen molar-refractivity contribution in [1.29, 1.82) is 0 Å². The Morgan fingerprint density at radius 1 is 1.50 bits per heavy atom. The van der Waals surface area contributed by atoms with Crippen molar-refractivity contribution in [3.63, 3.8) is 0 Å². The first-order valence-electron chi connectivity index (χ1n) is 3.06. The predicted octanol–water partition coefficient (Wildman–Crippen LogP) is 2.55. The van der Waals surface area contributed by atoms with Crippen LogP contribution in [0.1, 0.15) is 13.8 Å². The molecule has 0 unspecified atom stereocenters. The molecule has 0 radical (unpaired) electrons. The van der Waals surface area contributed by atoms with Crippen LogP contribution in [0.15, 0.2) is 11.2 Å². The minimum atomic E-state index is -0.694. The Bertz CT molecular complexity index is 76.6. The molecular formula is C6H13ClSi. The molecule has 0 nitrogen and oxygen atoms in total. The fourth-order valence-corrected chi connectivity index (χ4v) is 3.12. The van der Waals surface area contributed by atoms with Crippen LogP contribution in [0, 0.1) is 0 Å². The van der Waals surface area contributed by atoms with Crippen LogP contribution in [0.3, 0.4) is 0 Å². The van der Waals surface area contributed by atoms with E-state index in [0.29, 0.717) is 0 Å². The van der Waals surface area contributed by atoms with E-state index in [-0.39, 0.29) is 0 Å². The van der Waals surface area contributed by atoms with Crippen molar-refractivity contribution >= 4 is 20.4 Å². The Balaban J connectivity index is 3.52. The molecule has 0 spiro atoms. The quantitative estimate of drug-likeness (QED) is 0.540. The summed E-state index contributed by atoms with van der Waals surface area (Å²) in [6.45, 7) is 8.10. The zero-order valence-electron chi connectivity index (χ0n) is 5.58. The molecular weight excluding hydrogens is 136 g/mol. The molecule has 0 atom stereocenters. The highest BCUT2D eigenvalue weighted by atomic mass is 35.5. The average molecular weight is 149 g/mol. The fourth-order valence-electron chi connectivity index (χ4n) is 0.732. The van der Waals surface area contributed by atoms with Crippen molar-refractivity contribution in [3.05, 3.63) is 11.2 Å². The summed E-state index contributed by atoms with van der Waals surface area (Å²) in [5, 5.41) is 0. The van der Waals surface area contributed by atoms with Gasteiger partial charge in [0.15, 0.2) is 0 Å². The maximum absolute atomic E-state index is 5.71. The third-order valence-corrected chi connectivity index (χ3v) is 5.21. The van der Waals surface area contributed by atoms with Crippen LogP contribution in [0.25, 0.3) is 0 Å². The predicted molar refractivity (Wildman–Crippen MR) is 43.1 cm³/mol. The van der Waals surface area contributed by atoms with Gasteiger partial charge in [-0.05, 0) is 4.66 Å². The lowest BCUT2D eigenvalue weighted by Gasteiger charge is -2.05.